The number of hydrogen-bond acceptors (Lipinski definition) is 2. The van der Waals surface area contributed by atoms with Gasteiger partial charge in [-0.3, -0.25) is 0 Å². The molecule has 1 N–H and O–H groups in total. The zero-order valence-corrected chi connectivity index (χ0v) is 11.9. The van der Waals surface area contributed by atoms with Gasteiger partial charge in [-0.1, -0.05) is 25.0 Å². The molecule has 2 nitrogen and oxygen atoms in total. The molecule has 0 radical (unpaired) electrons. The third-order valence-corrected chi connectivity index (χ3v) is 4.27. The van der Waals surface area contributed by atoms with Gasteiger partial charge in [-0.2, -0.15) is 0 Å². The van der Waals surface area contributed by atoms with E-state index in [-0.39, 0.29) is 0 Å². The van der Waals surface area contributed by atoms with Gasteiger partial charge in [-0.05, 0) is 50.4 Å². The van der Waals surface area contributed by atoms with Crippen molar-refractivity contribution in [3.8, 4) is 0 Å². The average Bonchev–Trinajstić information content (AvgIpc) is 2.91. The van der Waals surface area contributed by atoms with Crippen molar-refractivity contribution in [1.29, 1.82) is 0 Å². The maximum Gasteiger partial charge on any atom is 0.0363 e. The lowest BCUT2D eigenvalue weighted by atomic mass is 10.1. The fraction of sp³-hybridized carbons (Fsp3) is 0.625. The number of hydrogen-bond donors (Lipinski definition) is 1. The standard InChI is InChI=1S/C16H26N2/c1-13(17-2)15-8-10-16(11-9-15)18(3)12-14-6-4-5-7-14/h8-11,13-14,17H,4-7,12H2,1-3H3. The third kappa shape index (κ3) is 3.26. The van der Waals surface area contributed by atoms with E-state index in [1.165, 1.54) is 43.5 Å². The first-order valence-corrected chi connectivity index (χ1v) is 7.19. The maximum atomic E-state index is 3.28. The maximum absolute atomic E-state index is 3.28. The van der Waals surface area contributed by atoms with E-state index in [1.807, 2.05) is 7.05 Å². The van der Waals surface area contributed by atoms with Gasteiger partial charge in [-0.25, -0.2) is 0 Å². The molecular formula is C16H26N2. The Bertz CT molecular complexity index is 352. The van der Waals surface area contributed by atoms with Gasteiger partial charge in [0, 0.05) is 25.3 Å². The monoisotopic (exact) mass is 246 g/mol. The lowest BCUT2D eigenvalue weighted by Crippen LogP contribution is -2.24. The summed E-state index contributed by atoms with van der Waals surface area (Å²) in [6.45, 7) is 3.40. The summed E-state index contributed by atoms with van der Waals surface area (Å²) in [5.41, 5.74) is 2.70. The van der Waals surface area contributed by atoms with Gasteiger partial charge in [0.1, 0.15) is 0 Å². The van der Waals surface area contributed by atoms with Crippen molar-refractivity contribution in [1.82, 2.24) is 5.32 Å². The SMILES string of the molecule is CNC(C)c1ccc(N(C)CC2CCCC2)cc1. The van der Waals surface area contributed by atoms with E-state index in [0.717, 1.165) is 5.92 Å². The molecule has 1 aliphatic rings. The first kappa shape index (κ1) is 13.4. The highest BCUT2D eigenvalue weighted by Crippen LogP contribution is 2.27. The highest BCUT2D eigenvalue weighted by atomic mass is 15.1. The Morgan fingerprint density at radius 3 is 2.39 bits per heavy atom. The van der Waals surface area contributed by atoms with E-state index < -0.39 is 0 Å². The first-order valence-electron chi connectivity index (χ1n) is 7.19. The second-order valence-corrected chi connectivity index (χ2v) is 5.63. The quantitative estimate of drug-likeness (QED) is 0.854. The molecule has 0 spiro atoms. The Morgan fingerprint density at radius 1 is 1.22 bits per heavy atom. The molecule has 2 heteroatoms. The molecule has 1 aromatic carbocycles. The van der Waals surface area contributed by atoms with Gasteiger partial charge in [0.2, 0.25) is 0 Å². The lowest BCUT2D eigenvalue weighted by molar-refractivity contribution is 0.547. The molecule has 1 fully saturated rings. The smallest absolute Gasteiger partial charge is 0.0363 e. The first-order chi connectivity index (χ1) is 8.70. The van der Waals surface area contributed by atoms with Crippen molar-refractivity contribution in [2.45, 2.75) is 38.6 Å². The van der Waals surface area contributed by atoms with Crippen molar-refractivity contribution in [3.05, 3.63) is 29.8 Å². The van der Waals surface area contributed by atoms with Crippen LogP contribution >= 0.6 is 0 Å². The molecule has 1 unspecified atom stereocenters. The highest BCUT2D eigenvalue weighted by molar-refractivity contribution is 5.47. The van der Waals surface area contributed by atoms with Gasteiger partial charge >= 0.3 is 0 Å². The molecule has 0 bridgehead atoms. The number of nitrogens with zero attached hydrogens (tertiary/aromatic N) is 1. The van der Waals surface area contributed by atoms with E-state index in [2.05, 4.69) is 48.5 Å². The minimum atomic E-state index is 0.430. The topological polar surface area (TPSA) is 15.3 Å². The number of anilines is 1. The minimum absolute atomic E-state index is 0.430. The van der Waals surface area contributed by atoms with Crippen LogP contribution in [0.25, 0.3) is 0 Å². The molecule has 0 aliphatic heterocycles. The number of benzene rings is 1. The molecule has 0 saturated heterocycles. The Kier molecular flexibility index (Phi) is 4.65. The molecule has 1 saturated carbocycles. The zero-order valence-electron chi connectivity index (χ0n) is 11.9. The fourth-order valence-electron chi connectivity index (χ4n) is 2.87. The second-order valence-electron chi connectivity index (χ2n) is 5.63. The average molecular weight is 246 g/mol. The largest absolute Gasteiger partial charge is 0.374 e. The van der Waals surface area contributed by atoms with Crippen molar-refractivity contribution in [2.24, 2.45) is 5.92 Å². The lowest BCUT2D eigenvalue weighted by Gasteiger charge is -2.23. The predicted molar refractivity (Wildman–Crippen MR) is 79.1 cm³/mol. The van der Waals surface area contributed by atoms with E-state index in [0.29, 0.717) is 6.04 Å². The van der Waals surface area contributed by atoms with Gasteiger partial charge in [0.05, 0.1) is 0 Å². The van der Waals surface area contributed by atoms with Gasteiger partial charge in [0.15, 0.2) is 0 Å². The summed E-state index contributed by atoms with van der Waals surface area (Å²) in [4.78, 5) is 2.41. The summed E-state index contributed by atoms with van der Waals surface area (Å²) in [5.74, 6) is 0.908. The van der Waals surface area contributed by atoms with Crippen LogP contribution in [0.2, 0.25) is 0 Å². The molecule has 2 rings (SSSR count). The van der Waals surface area contributed by atoms with E-state index >= 15 is 0 Å². The van der Waals surface area contributed by atoms with Gasteiger partial charge in [0.25, 0.3) is 0 Å². The molecule has 1 atom stereocenters. The predicted octanol–water partition coefficient (Wildman–Crippen LogP) is 3.59. The Hall–Kier alpha value is -1.02. The molecular weight excluding hydrogens is 220 g/mol. The van der Waals surface area contributed by atoms with Crippen molar-refractivity contribution < 1.29 is 0 Å². The van der Waals surface area contributed by atoms with Crippen LogP contribution in [-0.4, -0.2) is 20.6 Å². The van der Waals surface area contributed by atoms with Gasteiger partial charge < -0.3 is 10.2 Å². The molecule has 100 valence electrons. The summed E-state index contributed by atoms with van der Waals surface area (Å²) in [6.07, 6.45) is 5.69. The molecule has 0 amide bonds. The Morgan fingerprint density at radius 2 is 1.83 bits per heavy atom. The molecule has 1 aliphatic carbocycles. The van der Waals surface area contributed by atoms with Crippen LogP contribution < -0.4 is 10.2 Å². The second kappa shape index (κ2) is 6.24. The molecule has 0 heterocycles. The summed E-state index contributed by atoms with van der Waals surface area (Å²) >= 11 is 0. The third-order valence-electron chi connectivity index (χ3n) is 4.27. The molecule has 18 heavy (non-hydrogen) atoms. The van der Waals surface area contributed by atoms with Crippen LogP contribution in [0.1, 0.15) is 44.2 Å². The summed E-state index contributed by atoms with van der Waals surface area (Å²) < 4.78 is 0. The Balaban J connectivity index is 1.95. The Labute approximate surface area is 111 Å². The fourth-order valence-corrected chi connectivity index (χ4v) is 2.87. The summed E-state index contributed by atoms with van der Waals surface area (Å²) in [7, 11) is 4.22. The van der Waals surface area contributed by atoms with E-state index in [9.17, 15) is 0 Å². The highest BCUT2D eigenvalue weighted by Gasteiger charge is 2.17. The van der Waals surface area contributed by atoms with Crippen LogP contribution in [0.4, 0.5) is 5.69 Å². The normalized spacial score (nSPS) is 17.9. The van der Waals surface area contributed by atoms with Crippen LogP contribution in [0, 0.1) is 5.92 Å². The minimum Gasteiger partial charge on any atom is -0.374 e. The van der Waals surface area contributed by atoms with Crippen molar-refractivity contribution in [3.63, 3.8) is 0 Å². The summed E-state index contributed by atoms with van der Waals surface area (Å²) in [5, 5.41) is 3.28. The molecule has 0 aromatic heterocycles. The van der Waals surface area contributed by atoms with E-state index in [4.69, 9.17) is 0 Å². The number of nitrogens with one attached hydrogen (secondary N) is 1. The number of rotatable bonds is 5. The van der Waals surface area contributed by atoms with Crippen LogP contribution in [0.5, 0.6) is 0 Å². The van der Waals surface area contributed by atoms with Crippen molar-refractivity contribution >= 4 is 5.69 Å². The summed E-state index contributed by atoms with van der Waals surface area (Å²) in [6, 6.07) is 9.40. The van der Waals surface area contributed by atoms with Crippen molar-refractivity contribution in [2.75, 3.05) is 25.5 Å². The van der Waals surface area contributed by atoms with E-state index in [1.54, 1.807) is 0 Å². The van der Waals surface area contributed by atoms with Crippen LogP contribution in [-0.2, 0) is 0 Å². The molecule has 1 aromatic rings. The zero-order chi connectivity index (χ0) is 13.0. The van der Waals surface area contributed by atoms with Crippen LogP contribution in [0.15, 0.2) is 24.3 Å². The van der Waals surface area contributed by atoms with Crippen LogP contribution in [0.3, 0.4) is 0 Å². The van der Waals surface area contributed by atoms with Gasteiger partial charge in [-0.15, -0.1) is 0 Å².